The first-order chi connectivity index (χ1) is 8.20. The van der Waals surface area contributed by atoms with Crippen LogP contribution in [0.4, 0.5) is 0 Å². The molecule has 1 unspecified atom stereocenters. The Bertz CT molecular complexity index is 394. The highest BCUT2D eigenvalue weighted by molar-refractivity contribution is 9.10. The topological polar surface area (TPSA) is 42.4 Å². The van der Waals surface area contributed by atoms with Crippen LogP contribution in [0, 0.1) is 0 Å². The summed E-state index contributed by atoms with van der Waals surface area (Å²) in [5.74, 6) is 0.768. The molecule has 0 bridgehead atoms. The van der Waals surface area contributed by atoms with Gasteiger partial charge < -0.3 is 9.64 Å². The van der Waals surface area contributed by atoms with Crippen molar-refractivity contribution in [2.75, 3.05) is 13.7 Å². The first-order valence-electron chi connectivity index (χ1n) is 5.62. The van der Waals surface area contributed by atoms with E-state index in [0.717, 1.165) is 24.9 Å². The quantitative estimate of drug-likeness (QED) is 0.802. The fraction of sp³-hybridized carbons (Fsp3) is 0.500. The van der Waals surface area contributed by atoms with E-state index in [0.29, 0.717) is 12.4 Å². The van der Waals surface area contributed by atoms with Gasteiger partial charge in [-0.2, -0.15) is 0 Å². The molecule has 1 fully saturated rings. The molecule has 0 N–H and O–H groups in total. The van der Waals surface area contributed by atoms with Crippen LogP contribution < -0.4 is 4.74 Å². The zero-order chi connectivity index (χ0) is 12.3. The number of hydrogen-bond acceptors (Lipinski definition) is 3. The molecule has 0 spiro atoms. The van der Waals surface area contributed by atoms with E-state index >= 15 is 0 Å². The number of amides is 1. The van der Waals surface area contributed by atoms with E-state index in [1.165, 1.54) is 0 Å². The molecule has 1 saturated heterocycles. The van der Waals surface area contributed by atoms with E-state index in [4.69, 9.17) is 4.74 Å². The number of carbonyl (C=O) groups excluding carboxylic acids is 1. The number of halogens is 1. The molecular weight excluding hydrogens is 284 g/mol. The van der Waals surface area contributed by atoms with E-state index in [1.54, 1.807) is 13.3 Å². The molecule has 92 valence electrons. The second kappa shape index (κ2) is 5.49. The van der Waals surface area contributed by atoms with Gasteiger partial charge in [0, 0.05) is 25.4 Å². The molecule has 0 saturated carbocycles. The predicted octanol–water partition coefficient (Wildman–Crippen LogP) is 1.98. The van der Waals surface area contributed by atoms with Crippen molar-refractivity contribution in [3.63, 3.8) is 0 Å². The Balaban J connectivity index is 2.01. The molecule has 1 aromatic rings. The minimum atomic E-state index is -0.0255. The Kier molecular flexibility index (Phi) is 3.99. The summed E-state index contributed by atoms with van der Waals surface area (Å²) in [5.41, 5.74) is 1.03. The summed E-state index contributed by atoms with van der Waals surface area (Å²) >= 11 is 3.40. The van der Waals surface area contributed by atoms with E-state index in [2.05, 4.69) is 20.9 Å². The van der Waals surface area contributed by atoms with Crippen molar-refractivity contribution < 1.29 is 9.53 Å². The van der Waals surface area contributed by atoms with Gasteiger partial charge in [-0.25, -0.2) is 4.98 Å². The number of piperidine rings is 1. The smallest absolute Gasteiger partial charge is 0.236 e. The summed E-state index contributed by atoms with van der Waals surface area (Å²) < 4.78 is 5.00. The summed E-state index contributed by atoms with van der Waals surface area (Å²) in [5, 5.41) is 0. The van der Waals surface area contributed by atoms with Crippen LogP contribution in [0.2, 0.25) is 0 Å². The number of pyridine rings is 1. The lowest BCUT2D eigenvalue weighted by Crippen LogP contribution is -2.41. The third-order valence-corrected chi connectivity index (χ3v) is 3.69. The fourth-order valence-corrected chi connectivity index (χ4v) is 2.51. The maximum Gasteiger partial charge on any atom is 0.236 e. The summed E-state index contributed by atoms with van der Waals surface area (Å²) in [7, 11) is 1.59. The maximum atomic E-state index is 11.9. The first kappa shape index (κ1) is 12.4. The molecule has 2 heterocycles. The highest BCUT2D eigenvalue weighted by Crippen LogP contribution is 2.20. The van der Waals surface area contributed by atoms with Gasteiger partial charge >= 0.3 is 0 Å². The Morgan fingerprint density at radius 2 is 2.41 bits per heavy atom. The van der Waals surface area contributed by atoms with Crippen molar-refractivity contribution >= 4 is 21.8 Å². The minimum Gasteiger partial charge on any atom is -0.481 e. The zero-order valence-corrected chi connectivity index (χ0v) is 11.3. The Morgan fingerprint density at radius 3 is 3.06 bits per heavy atom. The average Bonchev–Trinajstić information content (AvgIpc) is 2.36. The van der Waals surface area contributed by atoms with E-state index < -0.39 is 0 Å². The normalized spacial score (nSPS) is 20.5. The molecule has 4 nitrogen and oxygen atoms in total. The Morgan fingerprint density at radius 1 is 1.59 bits per heavy atom. The molecule has 0 radical (unpaired) electrons. The van der Waals surface area contributed by atoms with Gasteiger partial charge in [0.05, 0.1) is 11.9 Å². The second-order valence-corrected chi connectivity index (χ2v) is 5.18. The number of likely N-dealkylation sites (tertiary alicyclic amines) is 1. The number of ether oxygens (including phenoxy) is 1. The lowest BCUT2D eigenvalue weighted by molar-refractivity contribution is -0.133. The van der Waals surface area contributed by atoms with Gasteiger partial charge in [0.2, 0.25) is 11.8 Å². The SMILES string of the molecule is COc1ccc(CN2CCCC(Br)C2=O)cn1. The van der Waals surface area contributed by atoms with Gasteiger partial charge in [-0.3, -0.25) is 4.79 Å². The van der Waals surface area contributed by atoms with Gasteiger partial charge in [-0.1, -0.05) is 22.0 Å². The Labute approximate surface area is 109 Å². The van der Waals surface area contributed by atoms with E-state index in [9.17, 15) is 4.79 Å². The molecule has 17 heavy (non-hydrogen) atoms. The predicted molar refractivity (Wildman–Crippen MR) is 68.2 cm³/mol. The van der Waals surface area contributed by atoms with Crippen molar-refractivity contribution in [2.45, 2.75) is 24.2 Å². The number of alkyl halides is 1. The minimum absolute atomic E-state index is 0.0255. The molecule has 1 amide bonds. The molecule has 1 aliphatic rings. The highest BCUT2D eigenvalue weighted by atomic mass is 79.9. The monoisotopic (exact) mass is 298 g/mol. The molecule has 1 atom stereocenters. The lowest BCUT2D eigenvalue weighted by Gasteiger charge is -2.29. The molecule has 0 aliphatic carbocycles. The van der Waals surface area contributed by atoms with Crippen molar-refractivity contribution in [3.8, 4) is 5.88 Å². The van der Waals surface area contributed by atoms with Gasteiger partial charge in [-0.05, 0) is 18.4 Å². The van der Waals surface area contributed by atoms with Crippen LogP contribution in [0.15, 0.2) is 18.3 Å². The molecule has 2 rings (SSSR count). The van der Waals surface area contributed by atoms with Crippen molar-refractivity contribution in [1.82, 2.24) is 9.88 Å². The summed E-state index contributed by atoms with van der Waals surface area (Å²) in [4.78, 5) is 17.9. The second-order valence-electron chi connectivity index (χ2n) is 4.08. The molecule has 0 aromatic carbocycles. The first-order valence-corrected chi connectivity index (χ1v) is 6.54. The highest BCUT2D eigenvalue weighted by Gasteiger charge is 2.26. The number of carbonyl (C=O) groups is 1. The van der Waals surface area contributed by atoms with Crippen LogP contribution in [-0.2, 0) is 11.3 Å². The summed E-state index contributed by atoms with van der Waals surface area (Å²) in [6.07, 6.45) is 3.73. The number of methoxy groups -OCH3 is 1. The van der Waals surface area contributed by atoms with Gasteiger partial charge in [0.15, 0.2) is 0 Å². The molecular formula is C12H15BrN2O2. The Hall–Kier alpha value is -1.10. The number of nitrogens with zero attached hydrogens (tertiary/aromatic N) is 2. The van der Waals surface area contributed by atoms with Crippen LogP contribution >= 0.6 is 15.9 Å². The van der Waals surface area contributed by atoms with Crippen LogP contribution in [-0.4, -0.2) is 34.3 Å². The zero-order valence-electron chi connectivity index (χ0n) is 9.73. The lowest BCUT2D eigenvalue weighted by atomic mass is 10.1. The van der Waals surface area contributed by atoms with Gasteiger partial charge in [0.25, 0.3) is 0 Å². The van der Waals surface area contributed by atoms with Crippen molar-refractivity contribution in [2.24, 2.45) is 0 Å². The summed E-state index contributed by atoms with van der Waals surface area (Å²) in [6.45, 7) is 1.45. The van der Waals surface area contributed by atoms with Crippen molar-refractivity contribution in [3.05, 3.63) is 23.9 Å². The standard InChI is InChI=1S/C12H15BrN2O2/c1-17-11-5-4-9(7-14-11)8-15-6-2-3-10(13)12(15)16/h4-5,7,10H,2-3,6,8H2,1H3. The van der Waals surface area contributed by atoms with E-state index in [-0.39, 0.29) is 10.7 Å². The largest absolute Gasteiger partial charge is 0.481 e. The maximum absolute atomic E-state index is 11.9. The third kappa shape index (κ3) is 2.97. The van der Waals surface area contributed by atoms with Gasteiger partial charge in [-0.15, -0.1) is 0 Å². The number of hydrogen-bond donors (Lipinski definition) is 0. The van der Waals surface area contributed by atoms with Crippen molar-refractivity contribution in [1.29, 1.82) is 0 Å². The van der Waals surface area contributed by atoms with Crippen LogP contribution in [0.1, 0.15) is 18.4 Å². The number of aromatic nitrogens is 1. The average molecular weight is 299 g/mol. The van der Waals surface area contributed by atoms with Crippen LogP contribution in [0.5, 0.6) is 5.88 Å². The fourth-order valence-electron chi connectivity index (χ4n) is 1.90. The number of rotatable bonds is 3. The van der Waals surface area contributed by atoms with Gasteiger partial charge in [0.1, 0.15) is 0 Å². The van der Waals surface area contributed by atoms with Crippen LogP contribution in [0.25, 0.3) is 0 Å². The third-order valence-electron chi connectivity index (χ3n) is 2.85. The summed E-state index contributed by atoms with van der Waals surface area (Å²) in [6, 6.07) is 3.76. The van der Waals surface area contributed by atoms with E-state index in [1.807, 2.05) is 17.0 Å². The molecule has 1 aromatic heterocycles. The molecule has 5 heteroatoms. The van der Waals surface area contributed by atoms with Crippen LogP contribution in [0.3, 0.4) is 0 Å². The molecule has 1 aliphatic heterocycles.